The fraction of sp³-hybridized carbons (Fsp3) is 0.385. The molecule has 106 valence electrons. The molecule has 0 aliphatic carbocycles. The molecule has 0 spiro atoms. The van der Waals surface area contributed by atoms with Gasteiger partial charge in [0.05, 0.1) is 18.3 Å². The molecule has 0 aromatic carbocycles. The smallest absolute Gasteiger partial charge is 0.340 e. The van der Waals surface area contributed by atoms with Crippen molar-refractivity contribution in [3.05, 3.63) is 24.3 Å². The van der Waals surface area contributed by atoms with Crippen LogP contribution in [0.15, 0.2) is 18.5 Å². The van der Waals surface area contributed by atoms with Gasteiger partial charge in [-0.3, -0.25) is 9.78 Å². The van der Waals surface area contributed by atoms with Crippen molar-refractivity contribution in [2.45, 2.75) is 26.5 Å². The van der Waals surface area contributed by atoms with E-state index in [1.165, 1.54) is 6.92 Å². The standard InChI is InChI=1S/C13H15N3O4/c1-8(17)12(13(18)19)20-6-5-16-9(2)15-10-7-14-4-3-11(10)16/h3-4,7,12H,5-6H2,1-2H3,(H,18,19). The van der Waals surface area contributed by atoms with E-state index in [0.29, 0.717) is 6.54 Å². The summed E-state index contributed by atoms with van der Waals surface area (Å²) in [4.78, 5) is 30.3. The lowest BCUT2D eigenvalue weighted by molar-refractivity contribution is -0.155. The van der Waals surface area contributed by atoms with Crippen molar-refractivity contribution < 1.29 is 19.4 Å². The number of carbonyl (C=O) groups is 2. The number of hydrogen-bond donors (Lipinski definition) is 1. The zero-order valence-electron chi connectivity index (χ0n) is 11.2. The average Bonchev–Trinajstić information content (AvgIpc) is 2.69. The number of nitrogens with zero attached hydrogens (tertiary/aromatic N) is 3. The van der Waals surface area contributed by atoms with Crippen LogP contribution >= 0.6 is 0 Å². The largest absolute Gasteiger partial charge is 0.479 e. The first-order valence-corrected chi connectivity index (χ1v) is 6.12. The molecule has 2 aromatic heterocycles. The summed E-state index contributed by atoms with van der Waals surface area (Å²) < 4.78 is 7.03. The number of aromatic nitrogens is 3. The summed E-state index contributed by atoms with van der Waals surface area (Å²) in [5.41, 5.74) is 1.67. The van der Waals surface area contributed by atoms with E-state index in [1.807, 2.05) is 17.6 Å². The topological polar surface area (TPSA) is 94.3 Å². The van der Waals surface area contributed by atoms with Crippen LogP contribution in [0, 0.1) is 6.92 Å². The number of rotatable bonds is 6. The SMILES string of the molecule is CC(=O)C(OCCn1c(C)nc2cnccc21)C(=O)O. The Morgan fingerprint density at radius 3 is 2.90 bits per heavy atom. The molecule has 2 rings (SSSR count). The molecule has 1 N–H and O–H groups in total. The van der Waals surface area contributed by atoms with E-state index in [9.17, 15) is 9.59 Å². The van der Waals surface area contributed by atoms with E-state index in [4.69, 9.17) is 9.84 Å². The van der Waals surface area contributed by atoms with Gasteiger partial charge in [-0.2, -0.15) is 0 Å². The van der Waals surface area contributed by atoms with Gasteiger partial charge in [0.1, 0.15) is 11.3 Å². The summed E-state index contributed by atoms with van der Waals surface area (Å²) in [6.07, 6.45) is 1.91. The third-order valence-electron chi connectivity index (χ3n) is 2.93. The van der Waals surface area contributed by atoms with Gasteiger partial charge in [-0.1, -0.05) is 0 Å². The Bertz CT molecular complexity index is 636. The highest BCUT2D eigenvalue weighted by Gasteiger charge is 2.23. The minimum absolute atomic E-state index is 0.116. The molecule has 1 unspecified atom stereocenters. The van der Waals surface area contributed by atoms with Gasteiger partial charge in [0, 0.05) is 12.7 Å². The highest BCUT2D eigenvalue weighted by Crippen LogP contribution is 2.14. The number of aryl methyl sites for hydroxylation is 1. The number of carbonyl (C=O) groups excluding carboxylic acids is 1. The lowest BCUT2D eigenvalue weighted by atomic mass is 10.2. The molecular weight excluding hydrogens is 262 g/mol. The minimum Gasteiger partial charge on any atom is -0.479 e. The molecule has 0 radical (unpaired) electrons. The van der Waals surface area contributed by atoms with E-state index >= 15 is 0 Å². The van der Waals surface area contributed by atoms with Crippen LogP contribution in [0.1, 0.15) is 12.7 Å². The number of Topliss-reactive ketones (excluding diaryl/α,β-unsaturated/α-hetero) is 1. The number of carboxylic acid groups (broad SMARTS) is 1. The van der Waals surface area contributed by atoms with Crippen LogP contribution in [-0.2, 0) is 20.9 Å². The number of carboxylic acids is 1. The summed E-state index contributed by atoms with van der Waals surface area (Å²) >= 11 is 0. The average molecular weight is 277 g/mol. The Kier molecular flexibility index (Phi) is 4.09. The molecule has 2 aromatic rings. The molecule has 0 bridgehead atoms. The molecule has 0 fully saturated rings. The van der Waals surface area contributed by atoms with Crippen LogP contribution in [0.5, 0.6) is 0 Å². The van der Waals surface area contributed by atoms with Gasteiger partial charge in [0.25, 0.3) is 0 Å². The number of pyridine rings is 1. The molecule has 0 saturated heterocycles. The molecule has 1 atom stereocenters. The summed E-state index contributed by atoms with van der Waals surface area (Å²) in [5, 5.41) is 8.85. The van der Waals surface area contributed by atoms with Crippen molar-refractivity contribution in [2.75, 3.05) is 6.61 Å². The van der Waals surface area contributed by atoms with Crippen molar-refractivity contribution in [3.8, 4) is 0 Å². The number of fused-ring (bicyclic) bond motifs is 1. The maximum Gasteiger partial charge on any atom is 0.340 e. The van der Waals surface area contributed by atoms with Crippen LogP contribution in [-0.4, -0.2) is 44.1 Å². The predicted octanol–water partition coefficient (Wildman–Crippen LogP) is 0.799. The second kappa shape index (κ2) is 5.79. The predicted molar refractivity (Wildman–Crippen MR) is 70.3 cm³/mol. The highest BCUT2D eigenvalue weighted by molar-refractivity contribution is 5.99. The lowest BCUT2D eigenvalue weighted by Gasteiger charge is -2.12. The first kappa shape index (κ1) is 14.1. The molecule has 2 heterocycles. The fourth-order valence-corrected chi connectivity index (χ4v) is 2.01. The quantitative estimate of drug-likeness (QED) is 0.785. The van der Waals surface area contributed by atoms with Gasteiger partial charge in [-0.05, 0) is 19.9 Å². The van der Waals surface area contributed by atoms with Crippen molar-refractivity contribution in [1.82, 2.24) is 14.5 Å². The Labute approximate surface area is 115 Å². The zero-order valence-corrected chi connectivity index (χ0v) is 11.2. The van der Waals surface area contributed by atoms with Crippen LogP contribution in [0.3, 0.4) is 0 Å². The molecule has 7 heteroatoms. The third-order valence-corrected chi connectivity index (χ3v) is 2.93. The zero-order chi connectivity index (χ0) is 14.7. The molecule has 0 aliphatic rings. The van der Waals surface area contributed by atoms with Crippen molar-refractivity contribution in [1.29, 1.82) is 0 Å². The van der Waals surface area contributed by atoms with Crippen LogP contribution < -0.4 is 0 Å². The maximum absolute atomic E-state index is 11.1. The van der Waals surface area contributed by atoms with Gasteiger partial charge in [0.2, 0.25) is 6.10 Å². The van der Waals surface area contributed by atoms with Gasteiger partial charge >= 0.3 is 5.97 Å². The summed E-state index contributed by atoms with van der Waals surface area (Å²) in [6, 6.07) is 1.83. The van der Waals surface area contributed by atoms with Gasteiger partial charge in [-0.15, -0.1) is 0 Å². The summed E-state index contributed by atoms with van der Waals surface area (Å²) in [6.45, 7) is 3.58. The Hall–Kier alpha value is -2.28. The first-order chi connectivity index (χ1) is 9.50. The van der Waals surface area contributed by atoms with Crippen molar-refractivity contribution in [2.24, 2.45) is 0 Å². The Balaban J connectivity index is 2.08. The molecular formula is C13H15N3O4. The maximum atomic E-state index is 11.1. The first-order valence-electron chi connectivity index (χ1n) is 6.12. The second-order valence-corrected chi connectivity index (χ2v) is 4.37. The molecule has 7 nitrogen and oxygen atoms in total. The second-order valence-electron chi connectivity index (χ2n) is 4.37. The van der Waals surface area contributed by atoms with E-state index in [0.717, 1.165) is 16.9 Å². The lowest BCUT2D eigenvalue weighted by Crippen LogP contribution is -2.32. The van der Waals surface area contributed by atoms with Gasteiger partial charge in [0.15, 0.2) is 5.78 Å². The number of ether oxygens (including phenoxy) is 1. The van der Waals surface area contributed by atoms with Crippen LogP contribution in [0.4, 0.5) is 0 Å². The minimum atomic E-state index is -1.41. The van der Waals surface area contributed by atoms with E-state index in [1.54, 1.807) is 12.4 Å². The van der Waals surface area contributed by atoms with Gasteiger partial charge in [-0.25, -0.2) is 9.78 Å². The van der Waals surface area contributed by atoms with Gasteiger partial charge < -0.3 is 14.4 Å². The fourth-order valence-electron chi connectivity index (χ4n) is 2.01. The molecule has 0 aliphatic heterocycles. The third kappa shape index (κ3) is 2.83. The van der Waals surface area contributed by atoms with E-state index in [-0.39, 0.29) is 6.61 Å². The Morgan fingerprint density at radius 1 is 1.50 bits per heavy atom. The normalized spacial score (nSPS) is 12.5. The molecule has 0 amide bonds. The van der Waals surface area contributed by atoms with E-state index < -0.39 is 17.9 Å². The number of aliphatic carboxylic acids is 1. The molecule has 0 saturated carbocycles. The number of ketones is 1. The number of hydrogen-bond acceptors (Lipinski definition) is 5. The number of imidazole rings is 1. The Morgan fingerprint density at radius 2 is 2.25 bits per heavy atom. The highest BCUT2D eigenvalue weighted by atomic mass is 16.5. The van der Waals surface area contributed by atoms with Crippen LogP contribution in [0.25, 0.3) is 11.0 Å². The van der Waals surface area contributed by atoms with E-state index in [2.05, 4.69) is 9.97 Å². The monoisotopic (exact) mass is 277 g/mol. The summed E-state index contributed by atoms with van der Waals surface area (Å²) in [5.74, 6) is -1.01. The summed E-state index contributed by atoms with van der Waals surface area (Å²) in [7, 11) is 0. The van der Waals surface area contributed by atoms with Crippen molar-refractivity contribution >= 4 is 22.8 Å². The molecule has 20 heavy (non-hydrogen) atoms. The van der Waals surface area contributed by atoms with Crippen LogP contribution in [0.2, 0.25) is 0 Å². The van der Waals surface area contributed by atoms with Crippen molar-refractivity contribution in [3.63, 3.8) is 0 Å².